The van der Waals surface area contributed by atoms with E-state index in [0.29, 0.717) is 6.07 Å². The lowest BCUT2D eigenvalue weighted by Gasteiger charge is -2.17. The number of aromatic carboxylic acids is 1. The fraction of sp³-hybridized carbons (Fsp3) is 0. The van der Waals surface area contributed by atoms with Crippen molar-refractivity contribution in [1.82, 2.24) is 0 Å². The molecule has 7 heteroatoms. The molecule has 0 saturated heterocycles. The van der Waals surface area contributed by atoms with Gasteiger partial charge in [0.15, 0.2) is 0 Å². The second kappa shape index (κ2) is 3.53. The molecule has 0 unspecified atom stereocenters. The molecule has 0 fully saturated rings. The van der Waals surface area contributed by atoms with Gasteiger partial charge in [0.2, 0.25) is 0 Å². The minimum absolute atomic E-state index is 0.0359. The summed E-state index contributed by atoms with van der Waals surface area (Å²) in [6.45, 7) is -5.32. The molecule has 1 N–H and O–H groups in total. The van der Waals surface area contributed by atoms with Gasteiger partial charge < -0.3 is 18.1 Å². The molecule has 0 aromatic heterocycles. The van der Waals surface area contributed by atoms with E-state index in [1.165, 1.54) is 0 Å². The highest BCUT2D eigenvalue weighted by atomic mass is 35.5. The van der Waals surface area contributed by atoms with E-state index in [1.54, 1.807) is 0 Å². The molecule has 0 bridgehead atoms. The molecule has 76 valence electrons. The second-order valence-electron chi connectivity index (χ2n) is 2.61. The summed E-state index contributed by atoms with van der Waals surface area (Å²) in [4.78, 5) is 10.5. The molecule has 0 radical (unpaired) electrons. The molecular formula is C7H4BClF3O2-. The largest absolute Gasteiger partial charge is 0.510 e. The van der Waals surface area contributed by atoms with Gasteiger partial charge in [0.25, 0.3) is 0 Å². The number of rotatable bonds is 2. The number of carboxylic acids is 1. The third kappa shape index (κ3) is 2.20. The zero-order valence-corrected chi connectivity index (χ0v) is 7.43. The molecule has 1 rings (SSSR count). The van der Waals surface area contributed by atoms with Crippen molar-refractivity contribution in [3.8, 4) is 0 Å². The first-order valence-corrected chi connectivity index (χ1v) is 3.93. The first-order valence-electron chi connectivity index (χ1n) is 3.55. The van der Waals surface area contributed by atoms with Gasteiger partial charge in [-0.1, -0.05) is 23.1 Å². The summed E-state index contributed by atoms with van der Waals surface area (Å²) in [5.41, 5.74) is -1.95. The maximum absolute atomic E-state index is 12.3. The molecule has 0 aliphatic carbocycles. The van der Waals surface area contributed by atoms with Crippen LogP contribution in [0.2, 0.25) is 5.02 Å². The highest BCUT2D eigenvalue weighted by molar-refractivity contribution is 6.74. The molecule has 0 aliphatic heterocycles. The van der Waals surface area contributed by atoms with Crippen LogP contribution < -0.4 is 5.46 Å². The summed E-state index contributed by atoms with van der Waals surface area (Å²) in [6, 6.07) is 2.47. The fourth-order valence-electron chi connectivity index (χ4n) is 0.999. The molecular weight excluding hydrogens is 219 g/mol. The summed E-state index contributed by atoms with van der Waals surface area (Å²) < 4.78 is 36.9. The molecule has 14 heavy (non-hydrogen) atoms. The van der Waals surface area contributed by atoms with Crippen molar-refractivity contribution in [2.45, 2.75) is 0 Å². The van der Waals surface area contributed by atoms with E-state index in [-0.39, 0.29) is 5.02 Å². The van der Waals surface area contributed by atoms with Crippen LogP contribution in [0.25, 0.3) is 0 Å². The fourth-order valence-corrected chi connectivity index (χ4v) is 1.17. The number of hydrogen-bond acceptors (Lipinski definition) is 1. The Morgan fingerprint density at radius 1 is 1.36 bits per heavy atom. The summed E-state index contributed by atoms with van der Waals surface area (Å²) in [7, 11) is 0. The van der Waals surface area contributed by atoms with Crippen molar-refractivity contribution in [1.29, 1.82) is 0 Å². The first kappa shape index (κ1) is 10.9. The van der Waals surface area contributed by atoms with Crippen molar-refractivity contribution in [2.24, 2.45) is 0 Å². The van der Waals surface area contributed by atoms with Crippen LogP contribution in [0.4, 0.5) is 12.9 Å². The summed E-state index contributed by atoms with van der Waals surface area (Å²) in [5, 5.41) is 8.47. The van der Waals surface area contributed by atoms with Gasteiger partial charge >= 0.3 is 12.9 Å². The molecule has 0 atom stereocenters. The van der Waals surface area contributed by atoms with Crippen molar-refractivity contribution < 1.29 is 22.8 Å². The molecule has 0 spiro atoms. The minimum Gasteiger partial charge on any atom is -0.478 e. The third-order valence-electron chi connectivity index (χ3n) is 1.60. The van der Waals surface area contributed by atoms with Crippen LogP contribution >= 0.6 is 11.6 Å². The monoisotopic (exact) mass is 223 g/mol. The van der Waals surface area contributed by atoms with E-state index in [9.17, 15) is 17.7 Å². The van der Waals surface area contributed by atoms with E-state index in [0.717, 1.165) is 12.1 Å². The lowest BCUT2D eigenvalue weighted by Crippen LogP contribution is -2.38. The Kier molecular flexibility index (Phi) is 2.75. The maximum Gasteiger partial charge on any atom is 0.510 e. The third-order valence-corrected chi connectivity index (χ3v) is 1.83. The number of hydrogen-bond donors (Lipinski definition) is 1. The Morgan fingerprint density at radius 3 is 2.36 bits per heavy atom. The average molecular weight is 223 g/mol. The van der Waals surface area contributed by atoms with Gasteiger partial charge in [-0.25, -0.2) is 4.79 Å². The van der Waals surface area contributed by atoms with Crippen molar-refractivity contribution in [3.05, 3.63) is 28.8 Å². The SMILES string of the molecule is O=C(O)c1cc(Cl)ccc1[B-](F)(F)F. The lowest BCUT2D eigenvalue weighted by atomic mass is 9.77. The molecule has 2 nitrogen and oxygen atoms in total. The summed E-state index contributed by atoms with van der Waals surface area (Å²) in [5.74, 6) is -1.64. The van der Waals surface area contributed by atoms with Crippen molar-refractivity contribution in [2.75, 3.05) is 0 Å². The first-order chi connectivity index (χ1) is 6.32. The van der Waals surface area contributed by atoms with Crippen LogP contribution in [-0.4, -0.2) is 18.1 Å². The number of carbonyl (C=O) groups is 1. The van der Waals surface area contributed by atoms with Crippen LogP contribution in [0, 0.1) is 0 Å². The lowest BCUT2D eigenvalue weighted by molar-refractivity contribution is 0.0697. The molecule has 0 saturated carbocycles. The normalized spacial score (nSPS) is 11.4. The predicted octanol–water partition coefficient (Wildman–Crippen LogP) is 2.09. The average Bonchev–Trinajstić information content (AvgIpc) is 2.01. The van der Waals surface area contributed by atoms with E-state index >= 15 is 0 Å². The summed E-state index contributed by atoms with van der Waals surface area (Å²) in [6.07, 6.45) is 0. The van der Waals surface area contributed by atoms with Gasteiger partial charge in [0, 0.05) is 10.6 Å². The van der Waals surface area contributed by atoms with E-state index in [2.05, 4.69) is 0 Å². The van der Waals surface area contributed by atoms with E-state index in [1.807, 2.05) is 0 Å². The van der Waals surface area contributed by atoms with Gasteiger partial charge in [-0.05, 0) is 12.1 Å². The van der Waals surface area contributed by atoms with Crippen LogP contribution in [0.3, 0.4) is 0 Å². The number of halogens is 4. The maximum atomic E-state index is 12.3. The molecule has 1 aromatic carbocycles. The van der Waals surface area contributed by atoms with Crippen LogP contribution in [0.1, 0.15) is 10.4 Å². The Bertz CT molecular complexity index is 378. The number of benzene rings is 1. The molecule has 0 heterocycles. The Hall–Kier alpha value is -1.17. The van der Waals surface area contributed by atoms with Crippen LogP contribution in [-0.2, 0) is 0 Å². The van der Waals surface area contributed by atoms with Crippen LogP contribution in [0.5, 0.6) is 0 Å². The standard InChI is InChI=1S/C7H4BClF3O2/c9-4-1-2-6(8(10,11)12)5(3-4)7(13)14/h1-3H,(H,13,14)/q-1. The Balaban J connectivity index is 3.37. The summed E-state index contributed by atoms with van der Waals surface area (Å²) >= 11 is 5.39. The van der Waals surface area contributed by atoms with E-state index < -0.39 is 24.0 Å². The van der Waals surface area contributed by atoms with Gasteiger partial charge in [-0.15, -0.1) is 0 Å². The molecule has 1 aromatic rings. The highest BCUT2D eigenvalue weighted by Gasteiger charge is 2.30. The Morgan fingerprint density at radius 2 is 1.93 bits per heavy atom. The van der Waals surface area contributed by atoms with Crippen molar-refractivity contribution >= 4 is 30.0 Å². The van der Waals surface area contributed by atoms with Crippen LogP contribution in [0.15, 0.2) is 18.2 Å². The van der Waals surface area contributed by atoms with Gasteiger partial charge in [0.1, 0.15) is 0 Å². The van der Waals surface area contributed by atoms with Crippen molar-refractivity contribution in [3.63, 3.8) is 0 Å². The molecule has 0 aliphatic rings. The van der Waals surface area contributed by atoms with Gasteiger partial charge in [-0.2, -0.15) is 0 Å². The predicted molar refractivity (Wildman–Crippen MR) is 47.1 cm³/mol. The molecule has 0 amide bonds. The zero-order chi connectivity index (χ0) is 10.9. The zero-order valence-electron chi connectivity index (χ0n) is 6.68. The Labute approximate surface area is 82.4 Å². The van der Waals surface area contributed by atoms with Gasteiger partial charge in [-0.3, -0.25) is 0 Å². The number of carboxylic acid groups (broad SMARTS) is 1. The highest BCUT2D eigenvalue weighted by Crippen LogP contribution is 2.16. The smallest absolute Gasteiger partial charge is 0.478 e. The van der Waals surface area contributed by atoms with E-state index in [4.69, 9.17) is 16.7 Å². The van der Waals surface area contributed by atoms with Gasteiger partial charge in [0.05, 0.1) is 0 Å². The quantitative estimate of drug-likeness (QED) is 0.780. The second-order valence-corrected chi connectivity index (χ2v) is 3.05. The minimum atomic E-state index is -5.32. The topological polar surface area (TPSA) is 37.3 Å².